The van der Waals surface area contributed by atoms with Crippen molar-refractivity contribution in [2.45, 2.75) is 16.7 Å². The molecule has 4 N–H and O–H groups in total. The van der Waals surface area contributed by atoms with Crippen LogP contribution in [-0.4, -0.2) is 30.2 Å². The maximum absolute atomic E-state index is 10.9. The maximum Gasteiger partial charge on any atom is 0.249 e. The predicted octanol–water partition coefficient (Wildman–Crippen LogP) is -1.01. The van der Waals surface area contributed by atoms with Gasteiger partial charge in [-0.05, 0) is 6.92 Å². The van der Waals surface area contributed by atoms with Crippen LogP contribution in [0.5, 0.6) is 0 Å². The van der Waals surface area contributed by atoms with Crippen LogP contribution in [0.3, 0.4) is 0 Å². The highest BCUT2D eigenvalue weighted by molar-refractivity contribution is 7.91. The number of aliphatic hydroxyl groups excluding tert-OH is 1. The van der Waals surface area contributed by atoms with Gasteiger partial charge in [0.25, 0.3) is 0 Å². The van der Waals surface area contributed by atoms with Crippen LogP contribution in [-0.2, 0) is 15.6 Å². The van der Waals surface area contributed by atoms with Crippen LogP contribution < -0.4 is 5.14 Å². The highest BCUT2D eigenvalue weighted by atomic mass is 32.2. The molecule has 0 bridgehead atoms. The van der Waals surface area contributed by atoms with Gasteiger partial charge in [-0.25, -0.2) is 18.5 Å². The fraction of sp³-hybridized carbons (Fsp3) is 0.500. The standard InChI is InChI=1S/C6H10N2O4S2/c1-6(10,3-9)5-8-2-4(13-5)14(7,11)12/h2,9-10H,3H2,1H3,(H2,7,11,12)/t6-/m0/s1. The Kier molecular flexibility index (Phi) is 2.93. The quantitative estimate of drug-likeness (QED) is 0.624. The number of hydrogen-bond donors (Lipinski definition) is 3. The van der Waals surface area contributed by atoms with E-state index < -0.39 is 22.2 Å². The summed E-state index contributed by atoms with van der Waals surface area (Å²) in [6.07, 6.45) is 1.06. The van der Waals surface area contributed by atoms with Gasteiger partial charge < -0.3 is 10.2 Å². The number of rotatable bonds is 3. The Morgan fingerprint density at radius 2 is 2.29 bits per heavy atom. The second-order valence-corrected chi connectivity index (χ2v) is 5.78. The molecule has 14 heavy (non-hydrogen) atoms. The summed E-state index contributed by atoms with van der Waals surface area (Å²) < 4.78 is 21.6. The summed E-state index contributed by atoms with van der Waals surface area (Å²) in [5, 5.41) is 23.3. The minimum Gasteiger partial charge on any atom is -0.393 e. The Labute approximate surface area is 85.1 Å². The lowest BCUT2D eigenvalue weighted by Crippen LogP contribution is -2.25. The third-order valence-corrected chi connectivity index (χ3v) is 4.19. The monoisotopic (exact) mass is 238 g/mol. The summed E-state index contributed by atoms with van der Waals surface area (Å²) >= 11 is 0.737. The van der Waals surface area contributed by atoms with Gasteiger partial charge in [0.2, 0.25) is 10.0 Å². The molecule has 0 amide bonds. The van der Waals surface area contributed by atoms with E-state index in [2.05, 4.69) is 4.98 Å². The highest BCUT2D eigenvalue weighted by Crippen LogP contribution is 2.26. The number of aliphatic hydroxyl groups is 2. The average Bonchev–Trinajstić information content (AvgIpc) is 2.51. The molecule has 0 unspecified atom stereocenters. The van der Waals surface area contributed by atoms with Gasteiger partial charge in [0.05, 0.1) is 12.8 Å². The van der Waals surface area contributed by atoms with E-state index in [-0.39, 0.29) is 9.22 Å². The van der Waals surface area contributed by atoms with Crippen molar-refractivity contribution in [2.75, 3.05) is 6.61 Å². The van der Waals surface area contributed by atoms with Gasteiger partial charge >= 0.3 is 0 Å². The Balaban J connectivity index is 3.13. The van der Waals surface area contributed by atoms with Crippen molar-refractivity contribution in [3.05, 3.63) is 11.2 Å². The molecule has 0 aliphatic rings. The first kappa shape index (κ1) is 11.5. The minimum absolute atomic E-state index is 0.115. The largest absolute Gasteiger partial charge is 0.393 e. The molecule has 8 heteroatoms. The molecule has 80 valence electrons. The number of primary sulfonamides is 1. The third kappa shape index (κ3) is 2.28. The van der Waals surface area contributed by atoms with Crippen LogP contribution in [0.4, 0.5) is 0 Å². The van der Waals surface area contributed by atoms with Gasteiger partial charge in [-0.2, -0.15) is 0 Å². The topological polar surface area (TPSA) is 114 Å². The molecule has 6 nitrogen and oxygen atoms in total. The van der Waals surface area contributed by atoms with E-state index in [0.717, 1.165) is 17.5 Å². The molecule has 0 saturated heterocycles. The maximum atomic E-state index is 10.9. The SMILES string of the molecule is C[C@](O)(CO)c1ncc(S(N)(=O)=O)s1. The Hall–Kier alpha value is -0.540. The van der Waals surface area contributed by atoms with Crippen LogP contribution >= 0.6 is 11.3 Å². The van der Waals surface area contributed by atoms with Crippen molar-refractivity contribution >= 4 is 21.4 Å². The van der Waals surface area contributed by atoms with Gasteiger partial charge in [0.1, 0.15) is 10.6 Å². The molecule has 0 aliphatic heterocycles. The number of hydrogen-bond acceptors (Lipinski definition) is 6. The first-order chi connectivity index (χ1) is 6.27. The Morgan fingerprint density at radius 1 is 1.71 bits per heavy atom. The summed E-state index contributed by atoms with van der Waals surface area (Å²) in [5.74, 6) is 0. The first-order valence-electron chi connectivity index (χ1n) is 3.60. The van der Waals surface area contributed by atoms with Crippen molar-refractivity contribution in [3.8, 4) is 0 Å². The van der Waals surface area contributed by atoms with Crippen molar-refractivity contribution < 1.29 is 18.6 Å². The minimum atomic E-state index is -3.79. The van der Waals surface area contributed by atoms with Crippen molar-refractivity contribution in [3.63, 3.8) is 0 Å². The fourth-order valence-corrected chi connectivity index (χ4v) is 2.29. The van der Waals surface area contributed by atoms with E-state index in [1.807, 2.05) is 0 Å². The zero-order chi connectivity index (χ0) is 11.0. The van der Waals surface area contributed by atoms with E-state index in [1.165, 1.54) is 6.92 Å². The van der Waals surface area contributed by atoms with Crippen LogP contribution in [0.2, 0.25) is 0 Å². The van der Waals surface area contributed by atoms with E-state index in [4.69, 9.17) is 10.2 Å². The summed E-state index contributed by atoms with van der Waals surface area (Å²) in [7, 11) is -3.79. The van der Waals surface area contributed by atoms with Crippen molar-refractivity contribution in [1.29, 1.82) is 0 Å². The molecule has 0 spiro atoms. The van der Waals surface area contributed by atoms with Crippen LogP contribution in [0.15, 0.2) is 10.4 Å². The van der Waals surface area contributed by atoms with Crippen molar-refractivity contribution in [2.24, 2.45) is 5.14 Å². The predicted molar refractivity (Wildman–Crippen MR) is 50.1 cm³/mol. The molecule has 0 aliphatic carbocycles. The van der Waals surface area contributed by atoms with Crippen LogP contribution in [0, 0.1) is 0 Å². The molecule has 0 radical (unpaired) electrons. The molecular formula is C6H10N2O4S2. The van der Waals surface area contributed by atoms with Gasteiger partial charge in [-0.1, -0.05) is 0 Å². The zero-order valence-electron chi connectivity index (χ0n) is 7.34. The first-order valence-corrected chi connectivity index (χ1v) is 5.96. The van der Waals surface area contributed by atoms with Gasteiger partial charge in [0.15, 0.2) is 4.21 Å². The van der Waals surface area contributed by atoms with E-state index in [9.17, 15) is 13.5 Å². The van der Waals surface area contributed by atoms with Gasteiger partial charge in [-0.15, -0.1) is 11.3 Å². The summed E-state index contributed by atoms with van der Waals surface area (Å²) in [4.78, 5) is 3.67. The van der Waals surface area contributed by atoms with Gasteiger partial charge in [0, 0.05) is 0 Å². The third-order valence-electron chi connectivity index (χ3n) is 1.53. The number of nitrogens with zero attached hydrogens (tertiary/aromatic N) is 1. The lowest BCUT2D eigenvalue weighted by molar-refractivity contribution is -0.00244. The Bertz CT molecular complexity index is 423. The number of thiazole rings is 1. The second-order valence-electron chi connectivity index (χ2n) is 2.96. The van der Waals surface area contributed by atoms with Gasteiger partial charge in [-0.3, -0.25) is 0 Å². The molecule has 1 rings (SSSR count). The summed E-state index contributed by atoms with van der Waals surface area (Å²) in [5.41, 5.74) is -1.53. The second kappa shape index (κ2) is 3.55. The van der Waals surface area contributed by atoms with Crippen LogP contribution in [0.1, 0.15) is 11.9 Å². The van der Waals surface area contributed by atoms with E-state index in [1.54, 1.807) is 0 Å². The normalized spacial score (nSPS) is 16.6. The summed E-state index contributed by atoms with van der Waals surface area (Å²) in [6, 6.07) is 0. The highest BCUT2D eigenvalue weighted by Gasteiger charge is 2.27. The smallest absolute Gasteiger partial charge is 0.249 e. The molecule has 1 atom stereocenters. The lowest BCUT2D eigenvalue weighted by Gasteiger charge is -2.16. The molecule has 0 saturated carbocycles. The fourth-order valence-electron chi connectivity index (χ4n) is 0.707. The molecule has 1 aromatic heterocycles. The Morgan fingerprint density at radius 3 is 2.64 bits per heavy atom. The molecule has 1 heterocycles. The number of sulfonamides is 1. The molecule has 0 aromatic carbocycles. The summed E-state index contributed by atoms with van der Waals surface area (Å²) in [6.45, 7) is 0.795. The molecule has 0 fully saturated rings. The number of nitrogens with two attached hydrogens (primary N) is 1. The zero-order valence-corrected chi connectivity index (χ0v) is 8.97. The van der Waals surface area contributed by atoms with E-state index >= 15 is 0 Å². The molecule has 1 aromatic rings. The van der Waals surface area contributed by atoms with E-state index in [0.29, 0.717) is 0 Å². The van der Waals surface area contributed by atoms with Crippen molar-refractivity contribution in [1.82, 2.24) is 4.98 Å². The lowest BCUT2D eigenvalue weighted by atomic mass is 10.1. The van der Waals surface area contributed by atoms with Crippen LogP contribution in [0.25, 0.3) is 0 Å². The molecular weight excluding hydrogens is 228 g/mol. The number of aromatic nitrogens is 1. The average molecular weight is 238 g/mol.